The second-order valence-corrected chi connectivity index (χ2v) is 9.26. The number of carbonyl (C=O) groups is 2. The number of carbonyl (C=O) groups excluding carboxylic acids is 2. The van der Waals surface area contributed by atoms with E-state index in [2.05, 4.69) is 5.32 Å². The van der Waals surface area contributed by atoms with E-state index in [9.17, 15) is 18.0 Å². The summed E-state index contributed by atoms with van der Waals surface area (Å²) in [5, 5.41) is 2.89. The third-order valence-corrected chi connectivity index (χ3v) is 7.11. The third kappa shape index (κ3) is 4.35. The lowest BCUT2D eigenvalue weighted by Gasteiger charge is -2.17. The summed E-state index contributed by atoms with van der Waals surface area (Å²) >= 11 is 0. The summed E-state index contributed by atoms with van der Waals surface area (Å²) in [6.45, 7) is 2.51. The molecule has 0 radical (unpaired) electrons. The molecule has 2 fully saturated rings. The smallest absolute Gasteiger partial charge is 0.355 e. The number of nitrogens with zero attached hydrogens (tertiary/aromatic N) is 2. The van der Waals surface area contributed by atoms with Crippen LogP contribution >= 0.6 is 0 Å². The Morgan fingerprint density at radius 2 is 1.81 bits per heavy atom. The quantitative estimate of drug-likeness (QED) is 0.732. The van der Waals surface area contributed by atoms with Crippen molar-refractivity contribution in [3.63, 3.8) is 0 Å². The summed E-state index contributed by atoms with van der Waals surface area (Å²) in [5.74, 6) is -1.04. The van der Waals surface area contributed by atoms with Gasteiger partial charge in [0.2, 0.25) is 10.0 Å². The highest BCUT2D eigenvalue weighted by Crippen LogP contribution is 2.23. The Hall–Kier alpha value is -1.87. The van der Waals surface area contributed by atoms with Gasteiger partial charge in [0.05, 0.1) is 0 Å². The van der Waals surface area contributed by atoms with Crippen LogP contribution in [0.5, 0.6) is 0 Å². The van der Waals surface area contributed by atoms with E-state index >= 15 is 0 Å². The molecular weight excluding hydrogens is 370 g/mol. The maximum absolute atomic E-state index is 12.6. The van der Waals surface area contributed by atoms with Crippen molar-refractivity contribution in [1.82, 2.24) is 14.2 Å². The van der Waals surface area contributed by atoms with Crippen LogP contribution in [0.2, 0.25) is 0 Å². The van der Waals surface area contributed by atoms with Crippen molar-refractivity contribution in [2.24, 2.45) is 7.05 Å². The molecule has 1 aromatic heterocycles. The van der Waals surface area contributed by atoms with Crippen LogP contribution in [-0.2, 0) is 26.6 Å². The molecule has 150 valence electrons. The van der Waals surface area contributed by atoms with Gasteiger partial charge in [0.1, 0.15) is 10.6 Å². The van der Waals surface area contributed by atoms with Crippen molar-refractivity contribution in [2.45, 2.75) is 62.5 Å². The van der Waals surface area contributed by atoms with Crippen LogP contribution in [0.1, 0.15) is 55.9 Å². The standard InChI is InChI=1S/C18H27N3O5S/c1-13(17(22)19-14-7-3-4-8-14)26-18(23)16-11-15(12-20(16)2)27(24,25)21-9-5-6-10-21/h11-14H,3-10H2,1-2H3,(H,19,22). The first-order valence-corrected chi connectivity index (χ1v) is 10.9. The van der Waals surface area contributed by atoms with Crippen molar-refractivity contribution in [1.29, 1.82) is 0 Å². The van der Waals surface area contributed by atoms with Gasteiger partial charge in [-0.15, -0.1) is 0 Å². The summed E-state index contributed by atoms with van der Waals surface area (Å²) in [7, 11) is -2.02. The Labute approximate surface area is 159 Å². The van der Waals surface area contributed by atoms with Crippen LogP contribution in [0.15, 0.2) is 17.2 Å². The molecule has 1 unspecified atom stereocenters. The Balaban J connectivity index is 1.66. The van der Waals surface area contributed by atoms with Crippen LogP contribution in [0.3, 0.4) is 0 Å². The molecule has 0 aromatic carbocycles. The maximum atomic E-state index is 12.6. The van der Waals surface area contributed by atoms with Gasteiger partial charge < -0.3 is 14.6 Å². The second kappa shape index (κ2) is 8.02. The molecule has 1 atom stereocenters. The van der Waals surface area contributed by atoms with Crippen molar-refractivity contribution >= 4 is 21.9 Å². The van der Waals surface area contributed by atoms with Crippen LogP contribution in [0.4, 0.5) is 0 Å². The minimum Gasteiger partial charge on any atom is -0.448 e. The van der Waals surface area contributed by atoms with Crippen molar-refractivity contribution in [3.8, 4) is 0 Å². The normalized spacial score (nSPS) is 19.9. The monoisotopic (exact) mass is 397 g/mol. The number of aromatic nitrogens is 1. The zero-order chi connectivity index (χ0) is 19.6. The molecule has 3 rings (SSSR count). The van der Waals surface area contributed by atoms with Gasteiger partial charge in [-0.1, -0.05) is 12.8 Å². The number of amides is 1. The Kier molecular flexibility index (Phi) is 5.90. The molecule has 0 bridgehead atoms. The molecule has 8 nitrogen and oxygen atoms in total. The van der Waals surface area contributed by atoms with E-state index in [4.69, 9.17) is 4.74 Å². The van der Waals surface area contributed by atoms with E-state index < -0.39 is 22.1 Å². The fourth-order valence-corrected chi connectivity index (χ4v) is 5.21. The van der Waals surface area contributed by atoms with Crippen LogP contribution in [-0.4, -0.2) is 54.4 Å². The third-order valence-electron chi connectivity index (χ3n) is 5.25. The first-order chi connectivity index (χ1) is 12.8. The fourth-order valence-electron chi connectivity index (χ4n) is 3.62. The summed E-state index contributed by atoms with van der Waals surface area (Å²) in [6, 6.07) is 1.46. The zero-order valence-electron chi connectivity index (χ0n) is 15.8. The minimum atomic E-state index is -3.61. The van der Waals surface area contributed by atoms with Gasteiger partial charge in [-0.2, -0.15) is 4.31 Å². The Bertz CT molecular complexity index is 805. The van der Waals surface area contributed by atoms with E-state index in [0.29, 0.717) is 13.1 Å². The lowest BCUT2D eigenvalue weighted by molar-refractivity contribution is -0.129. The van der Waals surface area contributed by atoms with E-state index in [-0.39, 0.29) is 22.5 Å². The van der Waals surface area contributed by atoms with Gasteiger partial charge in [0.25, 0.3) is 5.91 Å². The first kappa shape index (κ1) is 19.9. The predicted molar refractivity (Wildman–Crippen MR) is 98.7 cm³/mol. The average Bonchev–Trinajstić information content (AvgIpc) is 3.36. The molecular formula is C18H27N3O5S. The van der Waals surface area contributed by atoms with Gasteiger partial charge in [0.15, 0.2) is 6.10 Å². The molecule has 2 heterocycles. The highest BCUT2D eigenvalue weighted by Gasteiger charge is 2.30. The number of sulfonamides is 1. The van der Waals surface area contributed by atoms with Gasteiger partial charge in [0, 0.05) is 32.4 Å². The molecule has 1 amide bonds. The molecule has 0 spiro atoms. The topological polar surface area (TPSA) is 97.7 Å². The Morgan fingerprint density at radius 1 is 1.19 bits per heavy atom. The lowest BCUT2D eigenvalue weighted by Crippen LogP contribution is -2.41. The highest BCUT2D eigenvalue weighted by molar-refractivity contribution is 7.89. The second-order valence-electron chi connectivity index (χ2n) is 7.32. The van der Waals surface area contributed by atoms with Gasteiger partial charge in [-0.25, -0.2) is 13.2 Å². The molecule has 2 aliphatic rings. The van der Waals surface area contributed by atoms with Crippen LogP contribution in [0.25, 0.3) is 0 Å². The average molecular weight is 397 g/mol. The van der Waals surface area contributed by atoms with Crippen LogP contribution < -0.4 is 5.32 Å². The largest absolute Gasteiger partial charge is 0.448 e. The molecule has 9 heteroatoms. The number of esters is 1. The van der Waals surface area contributed by atoms with Crippen molar-refractivity contribution < 1.29 is 22.7 Å². The number of hydrogen-bond donors (Lipinski definition) is 1. The van der Waals surface area contributed by atoms with Crippen molar-refractivity contribution in [2.75, 3.05) is 13.1 Å². The van der Waals surface area contributed by atoms with E-state index in [1.54, 1.807) is 7.05 Å². The summed E-state index contributed by atoms with van der Waals surface area (Å²) in [5.41, 5.74) is 0.105. The zero-order valence-corrected chi connectivity index (χ0v) is 16.6. The number of ether oxygens (including phenoxy) is 1. The number of hydrogen-bond acceptors (Lipinski definition) is 5. The molecule has 1 aliphatic carbocycles. The predicted octanol–water partition coefficient (Wildman–Crippen LogP) is 1.41. The summed E-state index contributed by atoms with van der Waals surface area (Å²) in [6.07, 6.45) is 6.24. The SMILES string of the molecule is CC(OC(=O)c1cc(S(=O)(=O)N2CCCC2)cn1C)C(=O)NC1CCCC1. The summed E-state index contributed by atoms with van der Waals surface area (Å²) < 4.78 is 33.4. The number of nitrogens with one attached hydrogen (secondary N) is 1. The molecule has 1 saturated heterocycles. The van der Waals surface area contributed by atoms with E-state index in [0.717, 1.165) is 38.5 Å². The molecule has 1 aromatic rings. The molecule has 1 N–H and O–H groups in total. The molecule has 1 aliphatic heterocycles. The van der Waals surface area contributed by atoms with Gasteiger partial charge in [-0.3, -0.25) is 4.79 Å². The number of aryl methyl sites for hydroxylation is 1. The number of rotatable bonds is 6. The molecule has 1 saturated carbocycles. The van der Waals surface area contributed by atoms with Gasteiger partial charge in [-0.05, 0) is 38.7 Å². The first-order valence-electron chi connectivity index (χ1n) is 9.47. The Morgan fingerprint density at radius 3 is 2.44 bits per heavy atom. The van der Waals surface area contributed by atoms with Gasteiger partial charge >= 0.3 is 5.97 Å². The lowest BCUT2D eigenvalue weighted by atomic mass is 10.2. The fraction of sp³-hybridized carbons (Fsp3) is 0.667. The maximum Gasteiger partial charge on any atom is 0.355 e. The van der Waals surface area contributed by atoms with Crippen molar-refractivity contribution in [3.05, 3.63) is 18.0 Å². The van der Waals surface area contributed by atoms with Crippen LogP contribution in [0, 0.1) is 0 Å². The van der Waals surface area contributed by atoms with E-state index in [1.165, 1.54) is 28.1 Å². The molecule has 27 heavy (non-hydrogen) atoms. The van der Waals surface area contributed by atoms with E-state index in [1.807, 2.05) is 0 Å². The highest BCUT2D eigenvalue weighted by atomic mass is 32.2. The summed E-state index contributed by atoms with van der Waals surface area (Å²) in [4.78, 5) is 24.7. The minimum absolute atomic E-state index is 0.0712.